The summed E-state index contributed by atoms with van der Waals surface area (Å²) in [6.45, 7) is 0.713. The first-order chi connectivity index (χ1) is 19.0. The average Bonchev–Trinajstić information content (AvgIpc) is 3.55. The van der Waals surface area contributed by atoms with Crippen LogP contribution in [0.25, 0.3) is 11.1 Å². The number of hydrogen-bond donors (Lipinski definition) is 3. The molecule has 1 unspecified atom stereocenters. The second-order valence-electron chi connectivity index (χ2n) is 9.24. The lowest BCUT2D eigenvalue weighted by Crippen LogP contribution is -2.46. The van der Waals surface area contributed by atoms with Crippen LogP contribution < -0.4 is 16.4 Å². The molecular weight excluding hydrogens is 496 g/mol. The monoisotopic (exact) mass is 524 g/mol. The van der Waals surface area contributed by atoms with E-state index in [4.69, 9.17) is 10.5 Å². The van der Waals surface area contributed by atoms with E-state index in [0.29, 0.717) is 0 Å². The maximum absolute atomic E-state index is 12.6. The number of hydrogen-bond acceptors (Lipinski definition) is 6. The number of nitrogens with one attached hydrogen (secondary N) is 2. The highest BCUT2D eigenvalue weighted by molar-refractivity contribution is 5.95. The number of benzene rings is 3. The van der Waals surface area contributed by atoms with Gasteiger partial charge in [-0.1, -0.05) is 84.1 Å². The van der Waals surface area contributed by atoms with E-state index in [0.717, 1.165) is 27.8 Å². The average molecular weight is 525 g/mol. The van der Waals surface area contributed by atoms with E-state index in [1.165, 1.54) is 10.9 Å². The number of primary amides is 1. The molecule has 0 spiro atoms. The Kier molecular flexibility index (Phi) is 7.63. The Hall–Kier alpha value is -4.99. The van der Waals surface area contributed by atoms with Crippen LogP contribution in [0.3, 0.4) is 0 Å². The van der Waals surface area contributed by atoms with Crippen LogP contribution in [-0.4, -0.2) is 52.1 Å². The van der Waals surface area contributed by atoms with Gasteiger partial charge in [0.1, 0.15) is 12.6 Å². The lowest BCUT2D eigenvalue weighted by molar-refractivity contribution is -0.119. The standard InChI is InChI=1S/C29H28N6O4/c30-27(36)25(16-19-8-2-1-3-9-19)32-28(37)26-17-35(34-33-26)15-14-31-29(38)39-18-24-22-12-6-4-10-20(22)21-11-5-7-13-23(21)24/h1-13,17,24-25H,14-16,18H2,(H2,30,36)(H,31,38)(H,32,37). The molecule has 0 fully saturated rings. The molecule has 0 aliphatic heterocycles. The number of amides is 3. The van der Waals surface area contributed by atoms with Crippen molar-refractivity contribution in [3.05, 3.63) is 107 Å². The number of aromatic nitrogens is 3. The van der Waals surface area contributed by atoms with E-state index < -0.39 is 23.9 Å². The van der Waals surface area contributed by atoms with Crippen LogP contribution in [0.1, 0.15) is 33.1 Å². The van der Waals surface area contributed by atoms with E-state index in [1.54, 1.807) is 0 Å². The summed E-state index contributed by atoms with van der Waals surface area (Å²) in [4.78, 5) is 36.8. The molecule has 1 aliphatic rings. The number of nitrogens with two attached hydrogens (primary N) is 1. The fourth-order valence-electron chi connectivity index (χ4n) is 4.74. The van der Waals surface area contributed by atoms with Crippen molar-refractivity contribution in [1.82, 2.24) is 25.6 Å². The lowest BCUT2D eigenvalue weighted by atomic mass is 9.98. The molecule has 1 atom stereocenters. The molecule has 4 N–H and O–H groups in total. The predicted molar refractivity (Wildman–Crippen MR) is 144 cm³/mol. The van der Waals surface area contributed by atoms with Gasteiger partial charge in [0.15, 0.2) is 5.69 Å². The van der Waals surface area contributed by atoms with Gasteiger partial charge < -0.3 is 21.1 Å². The van der Waals surface area contributed by atoms with Crippen molar-refractivity contribution in [3.63, 3.8) is 0 Å². The summed E-state index contributed by atoms with van der Waals surface area (Å²) in [6, 6.07) is 24.6. The van der Waals surface area contributed by atoms with Crippen LogP contribution in [-0.2, 0) is 22.5 Å². The van der Waals surface area contributed by atoms with Gasteiger partial charge in [0.05, 0.1) is 12.7 Å². The molecule has 0 radical (unpaired) electrons. The normalized spacial score (nSPS) is 12.7. The van der Waals surface area contributed by atoms with Gasteiger partial charge >= 0.3 is 6.09 Å². The number of nitrogens with zero attached hydrogens (tertiary/aromatic N) is 3. The Labute approximate surface area is 225 Å². The van der Waals surface area contributed by atoms with Crippen molar-refractivity contribution >= 4 is 17.9 Å². The molecule has 0 saturated carbocycles. The number of rotatable bonds is 10. The van der Waals surface area contributed by atoms with Crippen LogP contribution in [0, 0.1) is 0 Å². The van der Waals surface area contributed by atoms with Crippen molar-refractivity contribution in [2.24, 2.45) is 5.73 Å². The number of carbonyl (C=O) groups excluding carboxylic acids is 3. The van der Waals surface area contributed by atoms with Crippen LogP contribution in [0.2, 0.25) is 0 Å². The lowest BCUT2D eigenvalue weighted by Gasteiger charge is -2.14. The first kappa shape index (κ1) is 25.7. The number of fused-ring (bicyclic) bond motifs is 3. The van der Waals surface area contributed by atoms with Gasteiger partial charge in [-0.3, -0.25) is 9.59 Å². The zero-order valence-corrected chi connectivity index (χ0v) is 21.1. The quantitative estimate of drug-likeness (QED) is 0.291. The van der Waals surface area contributed by atoms with Crippen molar-refractivity contribution in [1.29, 1.82) is 0 Å². The zero-order chi connectivity index (χ0) is 27.2. The topological polar surface area (TPSA) is 141 Å². The maximum atomic E-state index is 12.6. The Bertz CT molecular complexity index is 1440. The second-order valence-corrected chi connectivity index (χ2v) is 9.24. The van der Waals surface area contributed by atoms with Crippen molar-refractivity contribution < 1.29 is 19.1 Å². The largest absolute Gasteiger partial charge is 0.449 e. The van der Waals surface area contributed by atoms with Crippen molar-refractivity contribution in [2.45, 2.75) is 24.9 Å². The summed E-state index contributed by atoms with van der Waals surface area (Å²) in [5, 5.41) is 13.1. The van der Waals surface area contributed by atoms with E-state index in [1.807, 2.05) is 54.6 Å². The van der Waals surface area contributed by atoms with Gasteiger partial charge in [-0.05, 0) is 27.8 Å². The number of ether oxygens (including phenoxy) is 1. The molecule has 1 aliphatic carbocycles. The summed E-state index contributed by atoms with van der Waals surface area (Å²) in [6.07, 6.45) is 1.16. The summed E-state index contributed by atoms with van der Waals surface area (Å²) < 4.78 is 6.96. The van der Waals surface area contributed by atoms with Gasteiger partial charge in [0.2, 0.25) is 5.91 Å². The van der Waals surface area contributed by atoms with E-state index in [-0.39, 0.29) is 37.7 Å². The zero-order valence-electron chi connectivity index (χ0n) is 21.1. The van der Waals surface area contributed by atoms with Gasteiger partial charge in [-0.25, -0.2) is 9.48 Å². The summed E-state index contributed by atoms with van der Waals surface area (Å²) in [7, 11) is 0. The third-order valence-corrected chi connectivity index (χ3v) is 6.66. The maximum Gasteiger partial charge on any atom is 0.407 e. The molecule has 5 rings (SSSR count). The van der Waals surface area contributed by atoms with Crippen LogP contribution in [0.4, 0.5) is 4.79 Å². The molecule has 0 bridgehead atoms. The minimum atomic E-state index is -0.889. The molecule has 4 aromatic rings. The Morgan fingerprint density at radius 1 is 0.923 bits per heavy atom. The molecular formula is C29H28N6O4. The third-order valence-electron chi connectivity index (χ3n) is 6.66. The molecule has 39 heavy (non-hydrogen) atoms. The smallest absolute Gasteiger partial charge is 0.407 e. The molecule has 10 heteroatoms. The molecule has 1 heterocycles. The summed E-state index contributed by atoms with van der Waals surface area (Å²) >= 11 is 0. The van der Waals surface area contributed by atoms with Crippen molar-refractivity contribution in [2.75, 3.05) is 13.2 Å². The molecule has 3 aromatic carbocycles. The SMILES string of the molecule is NC(=O)C(Cc1ccccc1)NC(=O)c1cn(CCNC(=O)OCC2c3ccccc3-c3ccccc32)nn1. The highest BCUT2D eigenvalue weighted by Crippen LogP contribution is 2.44. The molecule has 1 aromatic heterocycles. The van der Waals surface area contributed by atoms with Gasteiger partial charge in [0, 0.05) is 18.9 Å². The molecule has 198 valence electrons. The Morgan fingerprint density at radius 3 is 2.23 bits per heavy atom. The van der Waals surface area contributed by atoms with E-state index in [9.17, 15) is 14.4 Å². The highest BCUT2D eigenvalue weighted by atomic mass is 16.5. The molecule has 10 nitrogen and oxygen atoms in total. The van der Waals surface area contributed by atoms with Gasteiger partial charge in [-0.2, -0.15) is 0 Å². The predicted octanol–water partition coefficient (Wildman–Crippen LogP) is 2.64. The summed E-state index contributed by atoms with van der Waals surface area (Å²) in [5.41, 5.74) is 11.0. The summed E-state index contributed by atoms with van der Waals surface area (Å²) in [5.74, 6) is -1.23. The Morgan fingerprint density at radius 2 is 1.56 bits per heavy atom. The van der Waals surface area contributed by atoms with E-state index >= 15 is 0 Å². The number of carbonyl (C=O) groups is 3. The first-order valence-corrected chi connectivity index (χ1v) is 12.6. The molecule has 3 amide bonds. The van der Waals surface area contributed by atoms with Gasteiger partial charge in [0.25, 0.3) is 5.91 Å². The van der Waals surface area contributed by atoms with E-state index in [2.05, 4.69) is 45.2 Å². The fraction of sp³-hybridized carbons (Fsp3) is 0.207. The minimum Gasteiger partial charge on any atom is -0.449 e. The van der Waals surface area contributed by atoms with Gasteiger partial charge in [-0.15, -0.1) is 5.10 Å². The van der Waals surface area contributed by atoms with Crippen LogP contribution in [0.5, 0.6) is 0 Å². The van der Waals surface area contributed by atoms with Crippen LogP contribution in [0.15, 0.2) is 85.1 Å². The third kappa shape index (κ3) is 5.96. The van der Waals surface area contributed by atoms with Crippen molar-refractivity contribution in [3.8, 4) is 11.1 Å². The first-order valence-electron chi connectivity index (χ1n) is 12.6. The highest BCUT2D eigenvalue weighted by Gasteiger charge is 2.29. The molecule has 0 saturated heterocycles. The minimum absolute atomic E-state index is 0.0225. The Balaban J connectivity index is 1.09. The van der Waals surface area contributed by atoms with Crippen LogP contribution >= 0.6 is 0 Å². The fourth-order valence-corrected chi connectivity index (χ4v) is 4.74. The number of alkyl carbamates (subject to hydrolysis) is 1. The second kappa shape index (κ2) is 11.6.